The number of carbonyl (C=O) groups excluding carboxylic acids is 3. The van der Waals surface area contributed by atoms with Gasteiger partial charge in [-0.3, -0.25) is 24.5 Å². The Kier molecular flexibility index (Phi) is 6.11. The molecule has 2 amide bonds. The summed E-state index contributed by atoms with van der Waals surface area (Å²) in [6.45, 7) is 5.34. The molecule has 32 heavy (non-hydrogen) atoms. The highest BCUT2D eigenvalue weighted by Gasteiger charge is 2.31. The zero-order valence-corrected chi connectivity index (χ0v) is 18.0. The van der Waals surface area contributed by atoms with E-state index in [1.165, 1.54) is 11.1 Å². The third-order valence-electron chi connectivity index (χ3n) is 5.40. The number of ketones is 1. The Morgan fingerprint density at radius 2 is 1.81 bits per heavy atom. The first-order valence-corrected chi connectivity index (χ1v) is 10.5. The number of aromatic nitrogens is 4. The zero-order chi connectivity index (χ0) is 22.7. The van der Waals surface area contributed by atoms with Crippen LogP contribution in [0.2, 0.25) is 0 Å². The first-order chi connectivity index (χ1) is 15.5. The maximum absolute atomic E-state index is 13.1. The molecule has 0 saturated carbocycles. The summed E-state index contributed by atoms with van der Waals surface area (Å²) in [6, 6.07) is 0. The number of H-pyrrole nitrogens is 1. The minimum Gasteiger partial charge on any atom is -0.449 e. The molecule has 10 heteroatoms. The van der Waals surface area contributed by atoms with Gasteiger partial charge in [-0.25, -0.2) is 4.79 Å². The van der Waals surface area contributed by atoms with Crippen LogP contribution in [-0.4, -0.2) is 80.3 Å². The molecule has 1 N–H and O–H groups in total. The molecule has 3 aromatic rings. The maximum atomic E-state index is 13.1. The Hall–Kier alpha value is -3.82. The van der Waals surface area contributed by atoms with Crippen LogP contribution in [0.25, 0.3) is 22.3 Å². The fourth-order valence-corrected chi connectivity index (χ4v) is 3.74. The smallest absolute Gasteiger partial charge is 0.409 e. The van der Waals surface area contributed by atoms with E-state index in [2.05, 4.69) is 19.9 Å². The van der Waals surface area contributed by atoms with Crippen molar-refractivity contribution in [2.45, 2.75) is 20.3 Å². The van der Waals surface area contributed by atoms with Gasteiger partial charge in [0.1, 0.15) is 11.4 Å². The van der Waals surface area contributed by atoms with E-state index in [1.54, 1.807) is 29.7 Å². The number of piperazine rings is 1. The summed E-state index contributed by atoms with van der Waals surface area (Å²) < 4.78 is 5.14. The summed E-state index contributed by atoms with van der Waals surface area (Å²) >= 11 is 0. The Bertz CT molecular complexity index is 1150. The average Bonchev–Trinajstić information content (AvgIpc) is 3.28. The van der Waals surface area contributed by atoms with E-state index in [0.717, 1.165) is 12.0 Å². The highest BCUT2D eigenvalue weighted by atomic mass is 16.6. The number of fused-ring (bicyclic) bond motifs is 1. The second-order valence-electron chi connectivity index (χ2n) is 7.56. The lowest BCUT2D eigenvalue weighted by Crippen LogP contribution is -2.52. The number of nitrogens with zero attached hydrogens (tertiary/aromatic N) is 5. The lowest BCUT2D eigenvalue weighted by Gasteiger charge is -2.33. The van der Waals surface area contributed by atoms with Gasteiger partial charge in [-0.1, -0.05) is 6.92 Å². The Morgan fingerprint density at radius 1 is 1.06 bits per heavy atom. The van der Waals surface area contributed by atoms with Gasteiger partial charge in [0.05, 0.1) is 23.9 Å². The van der Waals surface area contributed by atoms with Crippen LogP contribution in [0.1, 0.15) is 29.3 Å². The Labute approximate surface area is 184 Å². The third kappa shape index (κ3) is 4.03. The van der Waals surface area contributed by atoms with Gasteiger partial charge in [0.15, 0.2) is 0 Å². The molecule has 0 aliphatic carbocycles. The van der Waals surface area contributed by atoms with E-state index in [4.69, 9.17) is 4.74 Å². The number of Topliss-reactive ketones (excluding diaryl/α,β-unsaturated/α-hetero) is 1. The molecule has 1 aliphatic heterocycles. The van der Waals surface area contributed by atoms with Crippen molar-refractivity contribution in [1.29, 1.82) is 0 Å². The largest absolute Gasteiger partial charge is 0.449 e. The number of ether oxygens (including phenoxy) is 1. The van der Waals surface area contributed by atoms with E-state index in [1.807, 2.05) is 13.8 Å². The molecule has 1 saturated heterocycles. The normalized spacial score (nSPS) is 13.9. The molecule has 3 aromatic heterocycles. The van der Waals surface area contributed by atoms with Crippen LogP contribution in [0.3, 0.4) is 0 Å². The first kappa shape index (κ1) is 21.4. The van der Waals surface area contributed by atoms with E-state index < -0.39 is 11.7 Å². The summed E-state index contributed by atoms with van der Waals surface area (Å²) in [4.78, 5) is 57.0. The molecule has 0 spiro atoms. The highest BCUT2D eigenvalue weighted by Crippen LogP contribution is 2.29. The molecule has 0 bridgehead atoms. The summed E-state index contributed by atoms with van der Waals surface area (Å²) in [5.41, 5.74) is 2.82. The molecule has 4 heterocycles. The molecule has 10 nitrogen and oxygen atoms in total. The second kappa shape index (κ2) is 9.13. The molecule has 0 unspecified atom stereocenters. The quantitative estimate of drug-likeness (QED) is 0.481. The lowest BCUT2D eigenvalue weighted by molar-refractivity contribution is -0.128. The number of amides is 2. The number of pyridine rings is 1. The van der Waals surface area contributed by atoms with E-state index in [9.17, 15) is 14.4 Å². The summed E-state index contributed by atoms with van der Waals surface area (Å²) in [6.07, 6.45) is 8.28. The van der Waals surface area contributed by atoms with Crippen molar-refractivity contribution >= 4 is 28.7 Å². The van der Waals surface area contributed by atoms with Crippen LogP contribution < -0.4 is 0 Å². The molecule has 0 radical (unpaired) electrons. The van der Waals surface area contributed by atoms with Crippen LogP contribution in [-0.2, 0) is 9.53 Å². The Morgan fingerprint density at radius 3 is 2.50 bits per heavy atom. The van der Waals surface area contributed by atoms with Gasteiger partial charge in [-0.15, -0.1) is 0 Å². The topological polar surface area (TPSA) is 121 Å². The van der Waals surface area contributed by atoms with Crippen LogP contribution in [0, 0.1) is 6.92 Å². The van der Waals surface area contributed by atoms with E-state index >= 15 is 0 Å². The number of aryl methyl sites for hydroxylation is 1. The predicted molar refractivity (Wildman–Crippen MR) is 116 cm³/mol. The zero-order valence-electron chi connectivity index (χ0n) is 18.0. The number of hydrogen-bond acceptors (Lipinski definition) is 7. The van der Waals surface area contributed by atoms with Crippen LogP contribution >= 0.6 is 0 Å². The molecule has 166 valence electrons. The number of rotatable bonds is 5. The first-order valence-electron chi connectivity index (χ1n) is 10.5. The number of carbonyl (C=O) groups is 3. The fraction of sp³-hybridized carbons (Fsp3) is 0.364. The predicted octanol–water partition coefficient (Wildman–Crippen LogP) is 2.20. The number of hydrogen-bond donors (Lipinski definition) is 1. The van der Waals surface area contributed by atoms with Crippen LogP contribution in [0.5, 0.6) is 0 Å². The van der Waals surface area contributed by atoms with Gasteiger partial charge in [-0.05, 0) is 18.9 Å². The third-order valence-corrected chi connectivity index (χ3v) is 5.40. The van der Waals surface area contributed by atoms with Gasteiger partial charge < -0.3 is 19.5 Å². The summed E-state index contributed by atoms with van der Waals surface area (Å²) in [7, 11) is 0. The van der Waals surface area contributed by atoms with Crippen molar-refractivity contribution in [3.05, 3.63) is 42.1 Å². The van der Waals surface area contributed by atoms with Crippen molar-refractivity contribution in [2.75, 3.05) is 32.8 Å². The van der Waals surface area contributed by atoms with E-state index in [-0.39, 0.29) is 19.2 Å². The number of aromatic amines is 1. The average molecular weight is 436 g/mol. The standard InChI is InChI=1S/C22H24N6O4/c1-3-10-32-22(31)28-8-6-27(7-9-28)21(30)20(29)15-12-26-19-17(15)14(2)11-25-18(19)16-13-23-4-5-24-16/h4-5,11-13,26H,3,6-10H2,1-2H3. The summed E-state index contributed by atoms with van der Waals surface area (Å²) in [5, 5.41) is 0.640. The number of nitrogens with one attached hydrogen (secondary N) is 1. The molecule has 0 aromatic carbocycles. The minimum absolute atomic E-state index is 0.277. The molecular weight excluding hydrogens is 412 g/mol. The van der Waals surface area contributed by atoms with Gasteiger partial charge >= 0.3 is 6.09 Å². The second-order valence-corrected chi connectivity index (χ2v) is 7.56. The van der Waals surface area contributed by atoms with Crippen LogP contribution in [0.15, 0.2) is 31.0 Å². The molecule has 1 fully saturated rings. The molecular formula is C22H24N6O4. The highest BCUT2D eigenvalue weighted by molar-refractivity contribution is 6.45. The van der Waals surface area contributed by atoms with Gasteiger partial charge in [0, 0.05) is 56.4 Å². The van der Waals surface area contributed by atoms with E-state index in [0.29, 0.717) is 47.6 Å². The van der Waals surface area contributed by atoms with Gasteiger partial charge in [0.25, 0.3) is 11.7 Å². The van der Waals surface area contributed by atoms with Crippen molar-refractivity contribution in [3.8, 4) is 11.4 Å². The SMILES string of the molecule is CCCOC(=O)N1CCN(C(=O)C(=O)c2c[nH]c3c(-c4cnccn4)ncc(C)c23)CC1. The molecule has 4 rings (SSSR count). The Balaban J connectivity index is 1.53. The molecule has 0 atom stereocenters. The fourth-order valence-electron chi connectivity index (χ4n) is 3.74. The monoisotopic (exact) mass is 436 g/mol. The van der Waals surface area contributed by atoms with Crippen molar-refractivity contribution in [1.82, 2.24) is 29.7 Å². The van der Waals surface area contributed by atoms with Gasteiger partial charge in [0.2, 0.25) is 0 Å². The van der Waals surface area contributed by atoms with Gasteiger partial charge in [-0.2, -0.15) is 0 Å². The maximum Gasteiger partial charge on any atom is 0.409 e. The lowest BCUT2D eigenvalue weighted by atomic mass is 10.0. The van der Waals surface area contributed by atoms with Crippen LogP contribution in [0.4, 0.5) is 4.79 Å². The van der Waals surface area contributed by atoms with Crippen molar-refractivity contribution in [2.24, 2.45) is 0 Å². The van der Waals surface area contributed by atoms with Crippen molar-refractivity contribution < 1.29 is 19.1 Å². The molecule has 1 aliphatic rings. The van der Waals surface area contributed by atoms with Crippen molar-refractivity contribution in [3.63, 3.8) is 0 Å². The minimum atomic E-state index is -0.599. The summed E-state index contributed by atoms with van der Waals surface area (Å²) in [5.74, 6) is -1.19.